The summed E-state index contributed by atoms with van der Waals surface area (Å²) in [6.07, 6.45) is 1.97. The molecule has 2 aromatic rings. The third-order valence-corrected chi connectivity index (χ3v) is 6.39. The summed E-state index contributed by atoms with van der Waals surface area (Å²) >= 11 is 0. The van der Waals surface area contributed by atoms with Crippen LogP contribution in [0, 0.1) is 12.3 Å². The van der Waals surface area contributed by atoms with Crippen LogP contribution in [0.2, 0.25) is 0 Å². The molecule has 12 heteroatoms. The van der Waals surface area contributed by atoms with Gasteiger partial charge < -0.3 is 30.4 Å². The third kappa shape index (κ3) is 4.62. The highest BCUT2D eigenvalue weighted by atomic mass is 19.4. The van der Waals surface area contributed by atoms with Gasteiger partial charge in [0, 0.05) is 11.1 Å². The van der Waals surface area contributed by atoms with Crippen LogP contribution < -0.4 is 25.3 Å². The number of hydrogen-bond acceptors (Lipinski definition) is 7. The number of aromatic nitrogens is 1. The van der Waals surface area contributed by atoms with Crippen LogP contribution in [0.4, 0.5) is 13.2 Å². The van der Waals surface area contributed by atoms with E-state index in [0.717, 1.165) is 18.9 Å². The van der Waals surface area contributed by atoms with Crippen molar-refractivity contribution in [1.29, 1.82) is 0 Å². The van der Waals surface area contributed by atoms with Crippen LogP contribution in [0.1, 0.15) is 47.1 Å². The molecule has 2 atom stereocenters. The molecule has 0 bridgehead atoms. The summed E-state index contributed by atoms with van der Waals surface area (Å²) < 4.78 is 59.0. The highest BCUT2D eigenvalue weighted by Crippen LogP contribution is 2.45. The average molecular weight is 519 g/mol. The van der Waals surface area contributed by atoms with Gasteiger partial charge in [-0.2, -0.15) is 13.2 Å². The molecule has 0 spiro atoms. The summed E-state index contributed by atoms with van der Waals surface area (Å²) in [4.78, 5) is 28.6. The van der Waals surface area contributed by atoms with E-state index in [1.807, 2.05) is 0 Å². The molecule has 37 heavy (non-hydrogen) atoms. The molecule has 0 unspecified atom stereocenters. The number of primary amides is 1. The molecule has 0 radical (unpaired) electrons. The summed E-state index contributed by atoms with van der Waals surface area (Å²) in [7, 11) is 1.37. The molecule has 9 nitrogen and oxygen atoms in total. The largest absolute Gasteiger partial charge is 0.493 e. The first kappa shape index (κ1) is 26.1. The molecule has 1 fully saturated rings. The fraction of sp³-hybridized carbons (Fsp3) is 0.400. The van der Waals surface area contributed by atoms with Gasteiger partial charge in [0.15, 0.2) is 22.9 Å². The Kier molecular flexibility index (Phi) is 6.45. The zero-order valence-corrected chi connectivity index (χ0v) is 19.9. The Hall–Kier alpha value is -3.98. The van der Waals surface area contributed by atoms with Gasteiger partial charge in [0.05, 0.1) is 25.5 Å². The summed E-state index contributed by atoms with van der Waals surface area (Å²) in [5.74, 6) is 0.902. The predicted octanol–water partition coefficient (Wildman–Crippen LogP) is 1.93. The molecule has 196 valence electrons. The SMILES string of the molecule is C#Cc1nc([C@@](O)(CNC(=O)c2ccc(OC3CC3)c(OC)c2)C(F)(F)F)cc2c1OC[C@]2(C)C(N)=O. The number of methoxy groups -OCH3 is 1. The number of amides is 2. The summed E-state index contributed by atoms with van der Waals surface area (Å²) in [5.41, 5.74) is -1.04. The molecule has 4 N–H and O–H groups in total. The highest BCUT2D eigenvalue weighted by Gasteiger charge is 2.57. The molecule has 1 aliphatic heterocycles. The number of nitrogens with one attached hydrogen (secondary N) is 1. The van der Waals surface area contributed by atoms with Gasteiger partial charge in [0.1, 0.15) is 12.0 Å². The number of alkyl halides is 3. The Morgan fingerprint density at radius 3 is 2.59 bits per heavy atom. The quantitative estimate of drug-likeness (QED) is 0.454. The van der Waals surface area contributed by atoms with Gasteiger partial charge in [-0.05, 0) is 50.0 Å². The lowest BCUT2D eigenvalue weighted by Gasteiger charge is -2.31. The minimum Gasteiger partial charge on any atom is -0.493 e. The molecule has 2 aliphatic rings. The molecule has 1 aromatic carbocycles. The van der Waals surface area contributed by atoms with Crippen LogP contribution >= 0.6 is 0 Å². The number of terminal acetylenes is 1. The molecule has 2 amide bonds. The molecule has 1 aliphatic carbocycles. The van der Waals surface area contributed by atoms with Gasteiger partial charge >= 0.3 is 6.18 Å². The first-order chi connectivity index (χ1) is 17.3. The molecular weight excluding hydrogens is 495 g/mol. The maximum Gasteiger partial charge on any atom is 0.424 e. The van der Waals surface area contributed by atoms with Crippen molar-refractivity contribution in [3.8, 4) is 29.6 Å². The van der Waals surface area contributed by atoms with Crippen molar-refractivity contribution in [3.05, 3.63) is 46.8 Å². The van der Waals surface area contributed by atoms with E-state index in [1.54, 1.807) is 0 Å². The number of nitrogens with two attached hydrogens (primary N) is 1. The Labute approximate surface area is 210 Å². The Morgan fingerprint density at radius 2 is 2.03 bits per heavy atom. The summed E-state index contributed by atoms with van der Waals surface area (Å²) in [6.45, 7) is -0.188. The van der Waals surface area contributed by atoms with Gasteiger partial charge in [0.25, 0.3) is 5.91 Å². The number of carbonyl (C=O) groups is 2. The first-order valence-electron chi connectivity index (χ1n) is 11.2. The van der Waals surface area contributed by atoms with Crippen LogP contribution in [0.3, 0.4) is 0 Å². The van der Waals surface area contributed by atoms with E-state index in [1.165, 1.54) is 32.2 Å². The number of hydrogen-bond donors (Lipinski definition) is 3. The summed E-state index contributed by atoms with van der Waals surface area (Å²) in [6, 6.07) is 5.04. The smallest absolute Gasteiger partial charge is 0.424 e. The maximum atomic E-state index is 14.2. The lowest BCUT2D eigenvalue weighted by molar-refractivity contribution is -0.265. The topological polar surface area (TPSA) is 133 Å². The second-order valence-corrected chi connectivity index (χ2v) is 9.09. The van der Waals surface area contributed by atoms with Gasteiger partial charge in [-0.1, -0.05) is 0 Å². The minimum absolute atomic E-state index is 0.0227. The maximum absolute atomic E-state index is 14.2. The second-order valence-electron chi connectivity index (χ2n) is 9.09. The molecule has 0 saturated heterocycles. The van der Waals surface area contributed by atoms with Crippen LogP contribution in [0.15, 0.2) is 24.3 Å². The molecular formula is C25H24F3N3O6. The van der Waals surface area contributed by atoms with Crippen LogP contribution in [-0.2, 0) is 15.8 Å². The van der Waals surface area contributed by atoms with E-state index in [0.29, 0.717) is 5.75 Å². The van der Waals surface area contributed by atoms with Crippen molar-refractivity contribution in [1.82, 2.24) is 10.3 Å². The standard InChI is InChI=1S/C25H24F3N3O6/c1-4-16-20-15(23(2,12-36-20)22(29)33)10-19(31-16)24(34,25(26,27)28)11-30-21(32)13-5-8-17(18(9-13)35-3)37-14-6-7-14/h1,5,8-10,14,34H,6-7,11-12H2,2-3H3,(H2,29,33)(H,30,32)/t23-,24-/m0/s1. The van der Waals surface area contributed by atoms with Crippen LogP contribution in [-0.4, -0.2) is 54.4 Å². The van der Waals surface area contributed by atoms with E-state index in [2.05, 4.69) is 16.2 Å². The fourth-order valence-corrected chi connectivity index (χ4v) is 3.82. The number of ether oxygens (including phenoxy) is 3. The highest BCUT2D eigenvalue weighted by molar-refractivity contribution is 5.95. The number of benzene rings is 1. The van der Waals surface area contributed by atoms with Crippen molar-refractivity contribution >= 4 is 11.8 Å². The van der Waals surface area contributed by atoms with Gasteiger partial charge in [-0.3, -0.25) is 9.59 Å². The molecule has 1 aromatic heterocycles. The fourth-order valence-electron chi connectivity index (χ4n) is 3.82. The average Bonchev–Trinajstić information content (AvgIpc) is 3.61. The normalized spacial score (nSPS) is 20.1. The van der Waals surface area contributed by atoms with E-state index in [4.69, 9.17) is 26.4 Å². The zero-order valence-electron chi connectivity index (χ0n) is 19.9. The van der Waals surface area contributed by atoms with Crippen molar-refractivity contribution in [2.75, 3.05) is 20.3 Å². The number of halogens is 3. The lowest BCUT2D eigenvalue weighted by Crippen LogP contribution is -2.52. The van der Waals surface area contributed by atoms with E-state index in [-0.39, 0.29) is 41.0 Å². The Bertz CT molecular complexity index is 1300. The molecule has 2 heterocycles. The molecule has 1 saturated carbocycles. The predicted molar refractivity (Wildman–Crippen MR) is 123 cm³/mol. The van der Waals surface area contributed by atoms with Gasteiger partial charge in [-0.25, -0.2) is 4.98 Å². The zero-order chi connectivity index (χ0) is 27.2. The Morgan fingerprint density at radius 1 is 1.32 bits per heavy atom. The van der Waals surface area contributed by atoms with Crippen molar-refractivity contribution < 1.29 is 42.1 Å². The lowest BCUT2D eigenvalue weighted by atomic mass is 9.82. The first-order valence-corrected chi connectivity index (χ1v) is 11.2. The molecule has 4 rings (SSSR count). The second kappa shape index (κ2) is 9.15. The number of rotatable bonds is 8. The van der Waals surface area contributed by atoms with Crippen LogP contribution in [0.5, 0.6) is 17.2 Å². The van der Waals surface area contributed by atoms with Gasteiger partial charge in [-0.15, -0.1) is 6.42 Å². The monoisotopic (exact) mass is 519 g/mol. The third-order valence-electron chi connectivity index (χ3n) is 6.39. The number of nitrogens with zero attached hydrogens (tertiary/aromatic N) is 1. The van der Waals surface area contributed by atoms with Crippen molar-refractivity contribution in [2.24, 2.45) is 5.73 Å². The van der Waals surface area contributed by atoms with E-state index >= 15 is 0 Å². The van der Waals surface area contributed by atoms with Gasteiger partial charge in [0.2, 0.25) is 11.5 Å². The van der Waals surface area contributed by atoms with Crippen LogP contribution in [0.25, 0.3) is 0 Å². The summed E-state index contributed by atoms with van der Waals surface area (Å²) in [5, 5.41) is 13.0. The van der Waals surface area contributed by atoms with E-state index < -0.39 is 41.2 Å². The number of carbonyl (C=O) groups excluding carboxylic acids is 2. The minimum atomic E-state index is -5.30. The number of pyridine rings is 1. The number of fused-ring (bicyclic) bond motifs is 1. The van der Waals surface area contributed by atoms with E-state index in [9.17, 15) is 27.9 Å². The Balaban J connectivity index is 1.65. The number of aliphatic hydroxyl groups is 1. The van der Waals surface area contributed by atoms with Crippen molar-refractivity contribution in [3.63, 3.8) is 0 Å². The van der Waals surface area contributed by atoms with Crippen molar-refractivity contribution in [2.45, 2.75) is 43.1 Å².